The van der Waals surface area contributed by atoms with Crippen LogP contribution in [0.3, 0.4) is 0 Å². The molecule has 0 fully saturated rings. The van der Waals surface area contributed by atoms with Gasteiger partial charge in [0.15, 0.2) is 0 Å². The van der Waals surface area contributed by atoms with Crippen LogP contribution in [-0.2, 0) is 10.0 Å². The van der Waals surface area contributed by atoms with E-state index in [9.17, 15) is 22.9 Å². The van der Waals surface area contributed by atoms with Crippen molar-refractivity contribution in [1.29, 1.82) is 0 Å². The molecule has 0 aliphatic carbocycles. The van der Waals surface area contributed by atoms with E-state index in [-0.39, 0.29) is 6.54 Å². The third kappa shape index (κ3) is 4.54. The highest BCUT2D eigenvalue weighted by atomic mass is 32.2. The van der Waals surface area contributed by atoms with Gasteiger partial charge in [-0.2, -0.15) is 0 Å². The van der Waals surface area contributed by atoms with E-state index in [4.69, 9.17) is 5.73 Å². The molecule has 0 bridgehead atoms. The molecule has 19 heavy (non-hydrogen) atoms. The van der Waals surface area contributed by atoms with Gasteiger partial charge in [0, 0.05) is 18.2 Å². The van der Waals surface area contributed by atoms with Gasteiger partial charge in [0.1, 0.15) is 5.82 Å². The Morgan fingerprint density at radius 3 is 2.47 bits per heavy atom. The summed E-state index contributed by atoms with van der Waals surface area (Å²) in [5, 5.41) is 10.6. The van der Waals surface area contributed by atoms with Crippen molar-refractivity contribution < 1.29 is 17.7 Å². The van der Waals surface area contributed by atoms with Crippen LogP contribution in [0.1, 0.15) is 13.8 Å². The summed E-state index contributed by atoms with van der Waals surface area (Å²) in [7, 11) is -4.05. The third-order valence-electron chi connectivity index (χ3n) is 2.09. The van der Waals surface area contributed by atoms with Crippen LogP contribution in [0, 0.1) is 15.9 Å². The zero-order valence-electron chi connectivity index (χ0n) is 10.4. The number of nitrogens with one attached hydrogen (secondary N) is 1. The number of non-ortho nitro benzene ring substituents is 1. The lowest BCUT2D eigenvalue weighted by atomic mass is 10.1. The maximum atomic E-state index is 13.2. The first-order chi connectivity index (χ1) is 8.51. The monoisotopic (exact) mass is 291 g/mol. The lowest BCUT2D eigenvalue weighted by molar-refractivity contribution is -0.385. The first kappa shape index (κ1) is 15.5. The summed E-state index contributed by atoms with van der Waals surface area (Å²) in [6, 6.07) is 2.14. The van der Waals surface area contributed by atoms with E-state index in [2.05, 4.69) is 4.72 Å². The Labute approximate surface area is 109 Å². The van der Waals surface area contributed by atoms with Crippen molar-refractivity contribution in [3.63, 3.8) is 0 Å². The number of hydrogen-bond acceptors (Lipinski definition) is 5. The lowest BCUT2D eigenvalue weighted by Gasteiger charge is -2.18. The molecule has 106 valence electrons. The summed E-state index contributed by atoms with van der Waals surface area (Å²) >= 11 is 0. The molecule has 0 aliphatic heterocycles. The fraction of sp³-hybridized carbons (Fsp3) is 0.400. The Kier molecular flexibility index (Phi) is 4.23. The predicted molar refractivity (Wildman–Crippen MR) is 66.5 cm³/mol. The standard InChI is InChI=1S/C10H14FN3O4S/c1-10(2,12)6-13-19(17,18)9-4-7(11)3-8(5-9)14(15)16/h3-5,13H,6,12H2,1-2H3. The van der Waals surface area contributed by atoms with Crippen molar-refractivity contribution in [1.82, 2.24) is 4.72 Å². The van der Waals surface area contributed by atoms with Crippen LogP contribution in [0.2, 0.25) is 0 Å². The molecule has 1 aromatic rings. The highest BCUT2D eigenvalue weighted by molar-refractivity contribution is 7.89. The van der Waals surface area contributed by atoms with Gasteiger partial charge in [-0.25, -0.2) is 17.5 Å². The van der Waals surface area contributed by atoms with Gasteiger partial charge in [-0.1, -0.05) is 0 Å². The molecule has 0 aliphatic rings. The number of benzene rings is 1. The zero-order valence-corrected chi connectivity index (χ0v) is 11.2. The van der Waals surface area contributed by atoms with Crippen LogP contribution in [-0.4, -0.2) is 25.4 Å². The molecule has 0 atom stereocenters. The van der Waals surface area contributed by atoms with Crippen molar-refractivity contribution in [2.75, 3.05) is 6.54 Å². The van der Waals surface area contributed by atoms with Crippen molar-refractivity contribution >= 4 is 15.7 Å². The maximum absolute atomic E-state index is 13.2. The average molecular weight is 291 g/mol. The van der Waals surface area contributed by atoms with Crippen LogP contribution < -0.4 is 10.5 Å². The number of nitrogens with zero attached hydrogens (tertiary/aromatic N) is 1. The minimum absolute atomic E-state index is 0.0837. The minimum atomic E-state index is -4.05. The highest BCUT2D eigenvalue weighted by Crippen LogP contribution is 2.20. The summed E-state index contributed by atoms with van der Waals surface area (Å²) in [6.07, 6.45) is 0. The van der Waals surface area contributed by atoms with Crippen molar-refractivity contribution in [3.05, 3.63) is 34.1 Å². The normalized spacial score (nSPS) is 12.4. The molecule has 0 saturated carbocycles. The van der Waals surface area contributed by atoms with Gasteiger partial charge in [-0.3, -0.25) is 10.1 Å². The molecular formula is C10H14FN3O4S. The Morgan fingerprint density at radius 1 is 1.42 bits per heavy atom. The zero-order chi connectivity index (χ0) is 14.8. The Hall–Kier alpha value is -1.58. The number of nitro groups is 1. The largest absolute Gasteiger partial charge is 0.324 e. The fourth-order valence-electron chi connectivity index (χ4n) is 1.17. The molecular weight excluding hydrogens is 277 g/mol. The average Bonchev–Trinajstić information content (AvgIpc) is 2.25. The van der Waals surface area contributed by atoms with E-state index in [0.29, 0.717) is 12.1 Å². The van der Waals surface area contributed by atoms with Crippen molar-refractivity contribution in [2.24, 2.45) is 5.73 Å². The summed E-state index contributed by atoms with van der Waals surface area (Å²) in [5.41, 5.74) is 4.19. The number of hydrogen-bond donors (Lipinski definition) is 2. The van der Waals surface area contributed by atoms with Crippen molar-refractivity contribution in [2.45, 2.75) is 24.3 Å². The molecule has 9 heteroatoms. The van der Waals surface area contributed by atoms with E-state index in [1.807, 2.05) is 0 Å². The number of nitro benzene ring substituents is 1. The van der Waals surface area contributed by atoms with E-state index < -0.39 is 36.9 Å². The molecule has 0 unspecified atom stereocenters. The summed E-state index contributed by atoms with van der Waals surface area (Å²) in [5.74, 6) is -0.999. The Morgan fingerprint density at radius 2 is 2.00 bits per heavy atom. The number of nitrogens with two attached hydrogens (primary N) is 1. The maximum Gasteiger partial charge on any atom is 0.273 e. The molecule has 0 heterocycles. The van der Waals surface area contributed by atoms with Gasteiger partial charge < -0.3 is 5.73 Å². The van der Waals surface area contributed by atoms with Crippen LogP contribution >= 0.6 is 0 Å². The Balaban J connectivity index is 3.11. The third-order valence-corrected chi connectivity index (χ3v) is 3.48. The van der Waals surface area contributed by atoms with Gasteiger partial charge in [0.2, 0.25) is 10.0 Å². The second kappa shape index (κ2) is 5.19. The summed E-state index contributed by atoms with van der Waals surface area (Å²) in [4.78, 5) is 9.18. The molecule has 0 radical (unpaired) electrons. The van der Waals surface area contributed by atoms with Gasteiger partial charge in [-0.15, -0.1) is 0 Å². The molecule has 0 aromatic heterocycles. The van der Waals surface area contributed by atoms with E-state index in [1.165, 1.54) is 0 Å². The van der Waals surface area contributed by atoms with Crippen LogP contribution in [0.4, 0.5) is 10.1 Å². The quantitative estimate of drug-likeness (QED) is 0.613. The molecule has 0 amide bonds. The van der Waals surface area contributed by atoms with E-state index in [1.54, 1.807) is 13.8 Å². The molecule has 3 N–H and O–H groups in total. The summed E-state index contributed by atoms with van der Waals surface area (Å²) < 4.78 is 39.0. The van der Waals surface area contributed by atoms with Crippen LogP contribution in [0.5, 0.6) is 0 Å². The van der Waals surface area contributed by atoms with Gasteiger partial charge >= 0.3 is 0 Å². The smallest absolute Gasteiger partial charge is 0.273 e. The lowest BCUT2D eigenvalue weighted by Crippen LogP contribution is -2.45. The van der Waals surface area contributed by atoms with Crippen molar-refractivity contribution in [3.8, 4) is 0 Å². The molecule has 1 rings (SSSR count). The van der Waals surface area contributed by atoms with E-state index >= 15 is 0 Å². The van der Waals surface area contributed by atoms with Crippen LogP contribution in [0.25, 0.3) is 0 Å². The first-order valence-corrected chi connectivity index (χ1v) is 6.73. The number of halogens is 1. The van der Waals surface area contributed by atoms with Gasteiger partial charge in [-0.05, 0) is 19.9 Å². The van der Waals surface area contributed by atoms with Gasteiger partial charge in [0.25, 0.3) is 5.69 Å². The van der Waals surface area contributed by atoms with E-state index in [0.717, 1.165) is 6.07 Å². The molecule has 0 spiro atoms. The summed E-state index contributed by atoms with van der Waals surface area (Å²) in [6.45, 7) is 3.12. The predicted octanol–water partition coefficient (Wildman–Crippen LogP) is 0.750. The first-order valence-electron chi connectivity index (χ1n) is 5.25. The van der Waals surface area contributed by atoms with Gasteiger partial charge in [0.05, 0.1) is 15.9 Å². The highest BCUT2D eigenvalue weighted by Gasteiger charge is 2.22. The molecule has 1 aromatic carbocycles. The second-order valence-electron chi connectivity index (χ2n) is 4.72. The number of sulfonamides is 1. The molecule has 7 nitrogen and oxygen atoms in total. The van der Waals surface area contributed by atoms with Crippen LogP contribution in [0.15, 0.2) is 23.1 Å². The minimum Gasteiger partial charge on any atom is -0.324 e. The molecule has 0 saturated heterocycles. The number of rotatable bonds is 5. The Bertz CT molecular complexity index is 595. The topological polar surface area (TPSA) is 115 Å². The SMILES string of the molecule is CC(C)(N)CNS(=O)(=O)c1cc(F)cc([N+](=O)[O-])c1. The second-order valence-corrected chi connectivity index (χ2v) is 6.48. The fourth-order valence-corrected chi connectivity index (χ4v) is 2.45.